The molecule has 0 heterocycles. The molecular weight excluding hydrogens is 428 g/mol. The van der Waals surface area contributed by atoms with Crippen LogP contribution in [0.25, 0.3) is 0 Å². The Morgan fingerprint density at radius 1 is 0.781 bits per heavy atom. The van der Waals surface area contributed by atoms with Gasteiger partial charge in [0.2, 0.25) is 5.91 Å². The second-order valence-electron chi connectivity index (χ2n) is 6.61. The Bertz CT molecular complexity index is 1070. The van der Waals surface area contributed by atoms with Gasteiger partial charge in [-0.2, -0.15) is 0 Å². The maximum atomic E-state index is 12.4. The maximum Gasteiger partial charge on any atom is 0.255 e. The predicted molar refractivity (Wildman–Crippen MR) is 126 cm³/mol. The van der Waals surface area contributed by atoms with E-state index in [9.17, 15) is 9.59 Å². The third-order valence-corrected chi connectivity index (χ3v) is 5.53. The van der Waals surface area contributed by atoms with Gasteiger partial charge in [-0.1, -0.05) is 0 Å². The number of thioether (sulfide) groups is 1. The molecule has 3 rings (SSSR count). The van der Waals surface area contributed by atoms with Gasteiger partial charge in [-0.05, 0) is 60.7 Å². The molecule has 3 aromatic rings. The van der Waals surface area contributed by atoms with Gasteiger partial charge >= 0.3 is 0 Å². The van der Waals surface area contributed by atoms with Crippen molar-refractivity contribution in [1.82, 2.24) is 0 Å². The van der Waals surface area contributed by atoms with E-state index in [0.717, 1.165) is 4.90 Å². The van der Waals surface area contributed by atoms with Crippen LogP contribution in [0, 0.1) is 0 Å². The minimum absolute atomic E-state index is 0.157. The fourth-order valence-electron chi connectivity index (χ4n) is 2.82. The van der Waals surface area contributed by atoms with Gasteiger partial charge in [0.15, 0.2) is 0 Å². The quantitative estimate of drug-likeness (QED) is 0.458. The van der Waals surface area contributed by atoms with Gasteiger partial charge in [0.1, 0.15) is 17.2 Å². The number of hydrogen-bond donors (Lipinski definition) is 2. The first-order valence-electron chi connectivity index (χ1n) is 9.72. The number of carbonyl (C=O) groups is 2. The van der Waals surface area contributed by atoms with Crippen molar-refractivity contribution in [3.05, 3.63) is 72.3 Å². The molecule has 0 unspecified atom stereocenters. The van der Waals surface area contributed by atoms with Crippen LogP contribution in [-0.4, -0.2) is 38.9 Å². The SMILES string of the molecule is COc1ccc(C(=O)Nc2ccc(SCC(=O)Nc3ccc(OC)cc3OC)cc2)cc1. The number of amides is 2. The number of nitrogens with one attached hydrogen (secondary N) is 2. The molecule has 32 heavy (non-hydrogen) atoms. The molecule has 0 bridgehead atoms. The molecule has 0 aliphatic rings. The van der Waals surface area contributed by atoms with Gasteiger partial charge in [0, 0.05) is 22.2 Å². The van der Waals surface area contributed by atoms with Crippen LogP contribution in [0.3, 0.4) is 0 Å². The number of hydrogen-bond acceptors (Lipinski definition) is 6. The van der Waals surface area contributed by atoms with E-state index in [-0.39, 0.29) is 17.6 Å². The molecule has 0 saturated heterocycles. The summed E-state index contributed by atoms with van der Waals surface area (Å²) >= 11 is 1.39. The summed E-state index contributed by atoms with van der Waals surface area (Å²) in [4.78, 5) is 25.6. The van der Waals surface area contributed by atoms with E-state index in [2.05, 4.69) is 10.6 Å². The number of anilines is 2. The minimum atomic E-state index is -0.208. The second-order valence-corrected chi connectivity index (χ2v) is 7.66. The molecule has 0 spiro atoms. The molecule has 0 aliphatic carbocycles. The zero-order valence-electron chi connectivity index (χ0n) is 18.0. The summed E-state index contributed by atoms with van der Waals surface area (Å²) in [6.07, 6.45) is 0. The highest BCUT2D eigenvalue weighted by atomic mass is 32.2. The number of carbonyl (C=O) groups excluding carboxylic acids is 2. The van der Waals surface area contributed by atoms with Crippen LogP contribution in [-0.2, 0) is 4.79 Å². The molecule has 0 aliphatic heterocycles. The van der Waals surface area contributed by atoms with Crippen molar-refractivity contribution in [2.24, 2.45) is 0 Å². The topological polar surface area (TPSA) is 85.9 Å². The van der Waals surface area contributed by atoms with Crippen LogP contribution < -0.4 is 24.8 Å². The molecule has 0 saturated carbocycles. The zero-order valence-corrected chi connectivity index (χ0v) is 18.8. The molecular formula is C24H24N2O5S. The summed E-state index contributed by atoms with van der Waals surface area (Å²) in [5, 5.41) is 5.69. The average molecular weight is 453 g/mol. The van der Waals surface area contributed by atoms with Crippen molar-refractivity contribution in [3.63, 3.8) is 0 Å². The number of methoxy groups -OCH3 is 3. The molecule has 166 valence electrons. The van der Waals surface area contributed by atoms with Crippen molar-refractivity contribution < 1.29 is 23.8 Å². The Kier molecular flexibility index (Phi) is 7.99. The van der Waals surface area contributed by atoms with E-state index < -0.39 is 0 Å². The van der Waals surface area contributed by atoms with E-state index in [0.29, 0.717) is 34.2 Å². The van der Waals surface area contributed by atoms with Crippen LogP contribution in [0.2, 0.25) is 0 Å². The highest BCUT2D eigenvalue weighted by Crippen LogP contribution is 2.29. The largest absolute Gasteiger partial charge is 0.497 e. The molecule has 0 radical (unpaired) electrons. The van der Waals surface area contributed by atoms with Crippen molar-refractivity contribution in [1.29, 1.82) is 0 Å². The Morgan fingerprint density at radius 2 is 1.44 bits per heavy atom. The van der Waals surface area contributed by atoms with Gasteiger partial charge in [0.25, 0.3) is 5.91 Å². The summed E-state index contributed by atoms with van der Waals surface area (Å²) in [6.45, 7) is 0. The van der Waals surface area contributed by atoms with E-state index in [1.54, 1.807) is 68.8 Å². The smallest absolute Gasteiger partial charge is 0.255 e. The number of benzene rings is 3. The lowest BCUT2D eigenvalue weighted by Crippen LogP contribution is -2.14. The molecule has 0 fully saturated rings. The zero-order chi connectivity index (χ0) is 22.9. The van der Waals surface area contributed by atoms with Gasteiger partial charge in [-0.3, -0.25) is 9.59 Å². The lowest BCUT2D eigenvalue weighted by molar-refractivity contribution is -0.113. The normalized spacial score (nSPS) is 10.2. The highest BCUT2D eigenvalue weighted by molar-refractivity contribution is 8.00. The van der Waals surface area contributed by atoms with Gasteiger partial charge in [-0.15, -0.1) is 11.8 Å². The third-order valence-electron chi connectivity index (χ3n) is 4.52. The fraction of sp³-hybridized carbons (Fsp3) is 0.167. The maximum absolute atomic E-state index is 12.4. The Labute approximate surface area is 191 Å². The van der Waals surface area contributed by atoms with Crippen LogP contribution >= 0.6 is 11.8 Å². The number of ether oxygens (including phenoxy) is 3. The monoisotopic (exact) mass is 452 g/mol. The first-order chi connectivity index (χ1) is 15.5. The summed E-state index contributed by atoms with van der Waals surface area (Å²) in [5.74, 6) is 1.73. The van der Waals surface area contributed by atoms with Crippen molar-refractivity contribution in [2.75, 3.05) is 37.7 Å². The third kappa shape index (κ3) is 6.18. The first-order valence-corrected chi connectivity index (χ1v) is 10.7. The number of rotatable bonds is 9. The van der Waals surface area contributed by atoms with E-state index in [4.69, 9.17) is 14.2 Å². The second kappa shape index (κ2) is 11.1. The molecule has 7 nitrogen and oxygen atoms in total. The van der Waals surface area contributed by atoms with E-state index in [1.165, 1.54) is 18.9 Å². The Balaban J connectivity index is 1.52. The molecule has 8 heteroatoms. The Hall–Kier alpha value is -3.65. The van der Waals surface area contributed by atoms with Gasteiger partial charge in [0.05, 0.1) is 32.8 Å². The molecule has 2 amide bonds. The Morgan fingerprint density at radius 3 is 2.06 bits per heavy atom. The predicted octanol–water partition coefficient (Wildman–Crippen LogP) is 4.70. The van der Waals surface area contributed by atoms with Crippen molar-refractivity contribution in [3.8, 4) is 17.2 Å². The van der Waals surface area contributed by atoms with E-state index in [1.807, 2.05) is 12.1 Å². The molecule has 0 atom stereocenters. The molecule has 0 aromatic heterocycles. The summed E-state index contributed by atoms with van der Waals surface area (Å²) in [6, 6.07) is 19.4. The van der Waals surface area contributed by atoms with Crippen LogP contribution in [0.5, 0.6) is 17.2 Å². The molecule has 3 aromatic carbocycles. The van der Waals surface area contributed by atoms with Gasteiger partial charge < -0.3 is 24.8 Å². The van der Waals surface area contributed by atoms with Crippen LogP contribution in [0.4, 0.5) is 11.4 Å². The highest BCUT2D eigenvalue weighted by Gasteiger charge is 2.10. The van der Waals surface area contributed by atoms with Crippen molar-refractivity contribution >= 4 is 35.0 Å². The lowest BCUT2D eigenvalue weighted by atomic mass is 10.2. The summed E-state index contributed by atoms with van der Waals surface area (Å²) < 4.78 is 15.6. The van der Waals surface area contributed by atoms with Crippen molar-refractivity contribution in [2.45, 2.75) is 4.90 Å². The van der Waals surface area contributed by atoms with Crippen LogP contribution in [0.15, 0.2) is 71.6 Å². The minimum Gasteiger partial charge on any atom is -0.497 e. The lowest BCUT2D eigenvalue weighted by Gasteiger charge is -2.11. The average Bonchev–Trinajstić information content (AvgIpc) is 2.83. The summed E-state index contributed by atoms with van der Waals surface area (Å²) in [5.41, 5.74) is 1.79. The summed E-state index contributed by atoms with van der Waals surface area (Å²) in [7, 11) is 4.68. The van der Waals surface area contributed by atoms with Crippen LogP contribution in [0.1, 0.15) is 10.4 Å². The molecule has 2 N–H and O–H groups in total. The van der Waals surface area contributed by atoms with Gasteiger partial charge in [-0.25, -0.2) is 0 Å². The fourth-order valence-corrected chi connectivity index (χ4v) is 3.52. The van der Waals surface area contributed by atoms with E-state index >= 15 is 0 Å². The standard InChI is InChI=1S/C24H24N2O5S/c1-29-18-8-4-16(5-9-18)24(28)25-17-6-11-20(12-7-17)32-15-23(27)26-21-13-10-19(30-2)14-22(21)31-3/h4-14H,15H2,1-3H3,(H,25,28)(H,26,27). The first kappa shape index (κ1) is 23.0.